The van der Waals surface area contributed by atoms with Crippen LogP contribution >= 0.6 is 21.6 Å². The molecule has 0 atom stereocenters. The predicted molar refractivity (Wildman–Crippen MR) is 171 cm³/mol. The van der Waals surface area contributed by atoms with Crippen molar-refractivity contribution in [2.45, 2.75) is 10.3 Å². The Bertz CT molecular complexity index is 1650. The minimum Gasteiger partial charge on any atom is -0.497 e. The lowest BCUT2D eigenvalue weighted by Crippen LogP contribution is -1.95. The molecule has 206 valence electrons. The van der Waals surface area contributed by atoms with Crippen LogP contribution in [-0.4, -0.2) is 34.2 Å². The van der Waals surface area contributed by atoms with Crippen LogP contribution in [0.4, 0.5) is 0 Å². The predicted octanol–water partition coefficient (Wildman–Crippen LogP) is 8.75. The molecule has 0 aliphatic heterocycles. The lowest BCUT2D eigenvalue weighted by molar-refractivity contribution is 0.415. The molecule has 0 radical (unpaired) electrons. The second-order valence-corrected chi connectivity index (χ2v) is 11.3. The van der Waals surface area contributed by atoms with E-state index in [4.69, 9.17) is 29.4 Å². The largest absolute Gasteiger partial charge is 0.497 e. The summed E-state index contributed by atoms with van der Waals surface area (Å²) in [6.45, 7) is 0. The van der Waals surface area contributed by atoms with Gasteiger partial charge in [0.1, 0.15) is 11.5 Å². The summed E-state index contributed by atoms with van der Waals surface area (Å²) in [5.41, 5.74) is 7.34. The molecule has 0 N–H and O–H groups in total. The van der Waals surface area contributed by atoms with E-state index in [-0.39, 0.29) is 0 Å². The number of nitrogens with zero attached hydrogens (tertiary/aromatic N) is 4. The molecule has 4 aromatic carbocycles. The van der Waals surface area contributed by atoms with E-state index >= 15 is 0 Å². The van der Waals surface area contributed by atoms with Crippen LogP contribution in [0.3, 0.4) is 0 Å². The summed E-state index contributed by atoms with van der Waals surface area (Å²) in [5.74, 6) is 1.59. The maximum Gasteiger partial charge on any atom is 0.199 e. The molecule has 6 aromatic rings. The maximum atomic E-state index is 5.34. The van der Waals surface area contributed by atoms with E-state index in [1.54, 1.807) is 14.2 Å². The monoisotopic (exact) mass is 586 g/mol. The van der Waals surface area contributed by atoms with E-state index in [2.05, 4.69) is 24.3 Å². The van der Waals surface area contributed by atoms with Crippen molar-refractivity contribution in [1.82, 2.24) is 19.9 Å². The van der Waals surface area contributed by atoms with E-state index in [0.717, 1.165) is 56.5 Å². The van der Waals surface area contributed by atoms with Crippen LogP contribution in [0, 0.1) is 0 Å². The number of methoxy groups -OCH3 is 2. The van der Waals surface area contributed by atoms with Gasteiger partial charge >= 0.3 is 0 Å². The average Bonchev–Trinajstić information content (AvgIpc) is 3.08. The van der Waals surface area contributed by atoms with Gasteiger partial charge in [-0.1, -0.05) is 60.7 Å². The van der Waals surface area contributed by atoms with Gasteiger partial charge in [-0.2, -0.15) is 0 Å². The van der Waals surface area contributed by atoms with Gasteiger partial charge in [-0.3, -0.25) is 0 Å². The SMILES string of the molecule is COc1ccc(-c2cc(-c3ccccc3)nc(SSc3nc(-c4ccccc4)cc(-c4ccc(OC)cc4)n3)n2)cc1. The summed E-state index contributed by atoms with van der Waals surface area (Å²) in [7, 11) is 6.20. The molecule has 6 rings (SSSR count). The van der Waals surface area contributed by atoms with Crippen LogP contribution in [-0.2, 0) is 0 Å². The Labute approximate surface area is 252 Å². The fourth-order valence-corrected chi connectivity index (χ4v) is 5.92. The van der Waals surface area contributed by atoms with E-state index in [1.165, 1.54) is 21.6 Å². The van der Waals surface area contributed by atoms with Gasteiger partial charge in [0.2, 0.25) is 0 Å². The van der Waals surface area contributed by atoms with Crippen LogP contribution in [0.1, 0.15) is 0 Å². The van der Waals surface area contributed by atoms with E-state index < -0.39 is 0 Å². The third-order valence-corrected chi connectivity index (χ3v) is 8.40. The molecular formula is C34H26N4O2S2. The molecule has 0 amide bonds. The van der Waals surface area contributed by atoms with E-state index in [0.29, 0.717) is 10.3 Å². The molecule has 8 heteroatoms. The molecule has 2 aromatic heterocycles. The second-order valence-electron chi connectivity index (χ2n) is 9.20. The molecule has 0 saturated heterocycles. The Balaban J connectivity index is 1.36. The lowest BCUT2D eigenvalue weighted by atomic mass is 10.1. The highest BCUT2D eigenvalue weighted by molar-refractivity contribution is 8.76. The van der Waals surface area contributed by atoms with Crippen LogP contribution < -0.4 is 9.47 Å². The first-order valence-corrected chi connectivity index (χ1v) is 15.4. The van der Waals surface area contributed by atoms with Gasteiger partial charge in [-0.25, -0.2) is 19.9 Å². The first kappa shape index (κ1) is 27.5. The fraction of sp³-hybridized carbons (Fsp3) is 0.0588. The second kappa shape index (κ2) is 12.9. The zero-order valence-electron chi connectivity index (χ0n) is 23.0. The van der Waals surface area contributed by atoms with Gasteiger partial charge in [0.25, 0.3) is 0 Å². The Morgan fingerprint density at radius 3 is 1.02 bits per heavy atom. The third kappa shape index (κ3) is 6.46. The summed E-state index contributed by atoms with van der Waals surface area (Å²) in [5, 5.41) is 1.23. The first-order chi connectivity index (χ1) is 20.7. The Kier molecular flexibility index (Phi) is 8.44. The van der Waals surface area contributed by atoms with Crippen molar-refractivity contribution in [3.05, 3.63) is 121 Å². The molecule has 0 fully saturated rings. The Morgan fingerprint density at radius 1 is 0.405 bits per heavy atom. The number of hydrogen-bond acceptors (Lipinski definition) is 8. The summed E-state index contributed by atoms with van der Waals surface area (Å²) in [6.07, 6.45) is 0. The van der Waals surface area contributed by atoms with Crippen molar-refractivity contribution in [2.24, 2.45) is 0 Å². The van der Waals surface area contributed by atoms with E-state index in [1.807, 2.05) is 97.1 Å². The van der Waals surface area contributed by atoms with Crippen LogP contribution in [0.15, 0.2) is 132 Å². The summed E-state index contributed by atoms with van der Waals surface area (Å²) in [6, 6.07) is 40.0. The summed E-state index contributed by atoms with van der Waals surface area (Å²) >= 11 is 0. The van der Waals surface area contributed by atoms with Gasteiger partial charge in [-0.15, -0.1) is 0 Å². The number of benzene rings is 4. The number of hydrogen-bond donors (Lipinski definition) is 0. The van der Waals surface area contributed by atoms with Crippen LogP contribution in [0.2, 0.25) is 0 Å². The van der Waals surface area contributed by atoms with Crippen molar-refractivity contribution < 1.29 is 9.47 Å². The minimum atomic E-state index is 0.617. The normalized spacial score (nSPS) is 10.8. The van der Waals surface area contributed by atoms with Gasteiger partial charge < -0.3 is 9.47 Å². The Hall–Kier alpha value is -4.66. The molecule has 0 saturated carbocycles. The maximum absolute atomic E-state index is 5.34. The zero-order chi connectivity index (χ0) is 28.7. The lowest BCUT2D eigenvalue weighted by Gasteiger charge is -2.10. The van der Waals surface area contributed by atoms with Crippen molar-refractivity contribution in [3.8, 4) is 56.5 Å². The molecule has 0 aliphatic rings. The zero-order valence-corrected chi connectivity index (χ0v) is 24.6. The third-order valence-electron chi connectivity index (χ3n) is 6.51. The Morgan fingerprint density at radius 2 is 0.714 bits per heavy atom. The van der Waals surface area contributed by atoms with Crippen molar-refractivity contribution in [2.75, 3.05) is 14.2 Å². The molecular weight excluding hydrogens is 561 g/mol. The highest BCUT2D eigenvalue weighted by atomic mass is 33.1. The quantitative estimate of drug-likeness (QED) is 0.123. The summed E-state index contributed by atoms with van der Waals surface area (Å²) in [4.78, 5) is 19.6. The fourth-order valence-electron chi connectivity index (χ4n) is 4.33. The summed E-state index contributed by atoms with van der Waals surface area (Å²) < 4.78 is 10.7. The highest BCUT2D eigenvalue weighted by Gasteiger charge is 2.14. The molecule has 0 aliphatic carbocycles. The topological polar surface area (TPSA) is 70.0 Å². The van der Waals surface area contributed by atoms with Crippen molar-refractivity contribution in [3.63, 3.8) is 0 Å². The molecule has 2 heterocycles. The van der Waals surface area contributed by atoms with Crippen molar-refractivity contribution in [1.29, 1.82) is 0 Å². The molecule has 0 unspecified atom stereocenters. The number of aromatic nitrogens is 4. The number of rotatable bonds is 9. The van der Waals surface area contributed by atoms with Gasteiger partial charge in [0, 0.05) is 22.3 Å². The molecule has 6 nitrogen and oxygen atoms in total. The minimum absolute atomic E-state index is 0.617. The van der Waals surface area contributed by atoms with Gasteiger partial charge in [-0.05, 0) is 82.3 Å². The highest BCUT2D eigenvalue weighted by Crippen LogP contribution is 2.38. The van der Waals surface area contributed by atoms with Crippen LogP contribution in [0.5, 0.6) is 11.5 Å². The standard InChI is InChI=1S/C34H26N4O2S2/c1-39-27-17-13-25(14-18-27)31-21-29(23-9-5-3-6-10-23)35-33(37-31)41-42-34-36-30(24-11-7-4-8-12-24)22-32(38-34)26-15-19-28(40-2)20-16-26/h3-22H,1-2H3. The average molecular weight is 587 g/mol. The van der Waals surface area contributed by atoms with Crippen LogP contribution in [0.25, 0.3) is 45.0 Å². The van der Waals surface area contributed by atoms with Gasteiger partial charge in [0.15, 0.2) is 10.3 Å². The molecule has 0 spiro atoms. The van der Waals surface area contributed by atoms with Crippen molar-refractivity contribution >= 4 is 21.6 Å². The molecule has 0 bridgehead atoms. The molecule has 42 heavy (non-hydrogen) atoms. The first-order valence-electron chi connectivity index (χ1n) is 13.2. The van der Waals surface area contributed by atoms with Gasteiger partial charge in [0.05, 0.1) is 37.0 Å². The number of ether oxygens (including phenoxy) is 2. The smallest absolute Gasteiger partial charge is 0.199 e. The van der Waals surface area contributed by atoms with E-state index in [9.17, 15) is 0 Å².